The highest BCUT2D eigenvalue weighted by molar-refractivity contribution is 9.09. The highest BCUT2D eigenvalue weighted by Crippen LogP contribution is 2.26. The van der Waals surface area contributed by atoms with Crippen LogP contribution in [0, 0.1) is 0 Å². The Bertz CT molecular complexity index is 418. The van der Waals surface area contributed by atoms with Crippen LogP contribution in [0.1, 0.15) is 24.2 Å². The van der Waals surface area contributed by atoms with Gasteiger partial charge in [0.25, 0.3) is 5.91 Å². The summed E-state index contributed by atoms with van der Waals surface area (Å²) in [7, 11) is 1.46. The van der Waals surface area contributed by atoms with Gasteiger partial charge >= 0.3 is 0 Å². The average molecular weight is 302 g/mol. The molecule has 0 radical (unpaired) electrons. The summed E-state index contributed by atoms with van der Waals surface area (Å²) in [6.07, 6.45) is 0. The second-order valence-electron chi connectivity index (χ2n) is 4.36. The first-order chi connectivity index (χ1) is 7.89. The van der Waals surface area contributed by atoms with Crippen molar-refractivity contribution in [3.63, 3.8) is 0 Å². The van der Waals surface area contributed by atoms with Crippen LogP contribution in [-0.4, -0.2) is 29.0 Å². The number of rotatable bonds is 4. The van der Waals surface area contributed by atoms with Gasteiger partial charge in [0.05, 0.1) is 7.11 Å². The molecular formula is C12H16BrNO3. The van der Waals surface area contributed by atoms with Gasteiger partial charge in [0, 0.05) is 16.4 Å². The molecule has 1 aromatic carbocycles. The lowest BCUT2D eigenvalue weighted by atomic mass is 10.1. The minimum atomic E-state index is -0.341. The highest BCUT2D eigenvalue weighted by atomic mass is 79.9. The van der Waals surface area contributed by atoms with E-state index in [4.69, 9.17) is 4.74 Å². The fourth-order valence-corrected chi connectivity index (χ4v) is 1.38. The van der Waals surface area contributed by atoms with Crippen LogP contribution in [0.25, 0.3) is 0 Å². The second-order valence-corrected chi connectivity index (χ2v) is 4.92. The largest absolute Gasteiger partial charge is 0.504 e. The van der Waals surface area contributed by atoms with Crippen molar-refractivity contribution in [3.05, 3.63) is 23.8 Å². The molecule has 0 aliphatic rings. The molecule has 1 rings (SSSR count). The Hall–Kier alpha value is -1.23. The smallest absolute Gasteiger partial charge is 0.251 e. The van der Waals surface area contributed by atoms with Gasteiger partial charge in [-0.1, -0.05) is 15.9 Å². The third-order valence-electron chi connectivity index (χ3n) is 2.23. The predicted molar refractivity (Wildman–Crippen MR) is 70.0 cm³/mol. The molecule has 0 unspecified atom stereocenters. The number of carbonyl (C=O) groups excluding carboxylic acids is 1. The zero-order valence-electron chi connectivity index (χ0n) is 10.1. The Morgan fingerprint density at radius 3 is 2.65 bits per heavy atom. The molecular weight excluding hydrogens is 286 g/mol. The summed E-state index contributed by atoms with van der Waals surface area (Å²) in [4.78, 5) is 11.9. The van der Waals surface area contributed by atoms with E-state index in [9.17, 15) is 9.90 Å². The van der Waals surface area contributed by atoms with Crippen molar-refractivity contribution in [2.75, 3.05) is 12.4 Å². The van der Waals surface area contributed by atoms with E-state index in [1.54, 1.807) is 12.1 Å². The summed E-state index contributed by atoms with van der Waals surface area (Å²) in [5.41, 5.74) is 0.0597. The number of aromatic hydroxyl groups is 1. The summed E-state index contributed by atoms with van der Waals surface area (Å²) in [5.74, 6) is 0.0745. The normalized spacial score (nSPS) is 11.1. The molecule has 2 N–H and O–H groups in total. The molecule has 0 aromatic heterocycles. The van der Waals surface area contributed by atoms with Crippen LogP contribution in [-0.2, 0) is 0 Å². The van der Waals surface area contributed by atoms with Crippen LogP contribution in [0.5, 0.6) is 11.5 Å². The van der Waals surface area contributed by atoms with Gasteiger partial charge in [-0.25, -0.2) is 0 Å². The van der Waals surface area contributed by atoms with E-state index in [0.717, 1.165) is 0 Å². The van der Waals surface area contributed by atoms with Crippen LogP contribution in [0.2, 0.25) is 0 Å². The first-order valence-electron chi connectivity index (χ1n) is 5.15. The number of ether oxygens (including phenoxy) is 1. The van der Waals surface area contributed by atoms with Crippen LogP contribution in [0.15, 0.2) is 18.2 Å². The third-order valence-corrected chi connectivity index (χ3v) is 3.63. The van der Waals surface area contributed by atoms with Crippen LogP contribution in [0.4, 0.5) is 0 Å². The lowest BCUT2D eigenvalue weighted by Crippen LogP contribution is -2.44. The number of carbonyl (C=O) groups is 1. The zero-order chi connectivity index (χ0) is 13.1. The maximum absolute atomic E-state index is 11.9. The van der Waals surface area contributed by atoms with Crippen molar-refractivity contribution < 1.29 is 14.6 Å². The molecule has 0 atom stereocenters. The SMILES string of the molecule is COc1ccc(C(=O)NC(C)(C)CBr)cc1O. The van der Waals surface area contributed by atoms with E-state index >= 15 is 0 Å². The van der Waals surface area contributed by atoms with Crippen molar-refractivity contribution in [2.45, 2.75) is 19.4 Å². The number of phenolic OH excluding ortho intramolecular Hbond substituents is 1. The lowest BCUT2D eigenvalue weighted by Gasteiger charge is -2.23. The minimum absolute atomic E-state index is 0.0446. The van der Waals surface area contributed by atoms with E-state index < -0.39 is 0 Å². The first kappa shape index (κ1) is 13.8. The number of alkyl halides is 1. The van der Waals surface area contributed by atoms with Gasteiger partial charge in [0.1, 0.15) is 0 Å². The zero-order valence-corrected chi connectivity index (χ0v) is 11.7. The Labute approximate surface area is 109 Å². The minimum Gasteiger partial charge on any atom is -0.504 e. The molecule has 1 aromatic rings. The number of phenols is 1. The van der Waals surface area contributed by atoms with Crippen LogP contribution in [0.3, 0.4) is 0 Å². The van der Waals surface area contributed by atoms with Gasteiger partial charge in [0.15, 0.2) is 11.5 Å². The molecule has 0 aliphatic heterocycles. The molecule has 0 saturated heterocycles. The van der Waals surface area contributed by atoms with Gasteiger partial charge in [-0.2, -0.15) is 0 Å². The summed E-state index contributed by atoms with van der Waals surface area (Å²) in [6, 6.07) is 4.56. The number of halogens is 1. The molecule has 0 saturated carbocycles. The van der Waals surface area contributed by atoms with E-state index in [2.05, 4.69) is 21.2 Å². The molecule has 5 heteroatoms. The summed E-state index contributed by atoms with van der Waals surface area (Å²) >= 11 is 3.33. The number of hydrogen-bond donors (Lipinski definition) is 2. The van der Waals surface area contributed by atoms with Crippen molar-refractivity contribution in [1.82, 2.24) is 5.32 Å². The first-order valence-corrected chi connectivity index (χ1v) is 6.27. The summed E-state index contributed by atoms with van der Waals surface area (Å²) < 4.78 is 4.91. The van der Waals surface area contributed by atoms with Gasteiger partial charge in [-0.15, -0.1) is 0 Å². The van der Waals surface area contributed by atoms with E-state index in [0.29, 0.717) is 16.6 Å². The fraction of sp³-hybridized carbons (Fsp3) is 0.417. The third kappa shape index (κ3) is 3.63. The quantitative estimate of drug-likeness (QED) is 0.839. The van der Waals surface area contributed by atoms with Crippen molar-refractivity contribution in [3.8, 4) is 11.5 Å². The van der Waals surface area contributed by atoms with Crippen molar-refractivity contribution in [2.24, 2.45) is 0 Å². The standard InChI is InChI=1S/C12H16BrNO3/c1-12(2,7-13)14-11(16)8-4-5-10(17-3)9(15)6-8/h4-6,15H,7H2,1-3H3,(H,14,16). The summed E-state index contributed by atoms with van der Waals surface area (Å²) in [6.45, 7) is 3.81. The molecule has 0 bridgehead atoms. The highest BCUT2D eigenvalue weighted by Gasteiger charge is 2.20. The maximum Gasteiger partial charge on any atom is 0.251 e. The maximum atomic E-state index is 11.9. The average Bonchev–Trinajstić information content (AvgIpc) is 2.28. The Balaban J connectivity index is 2.87. The molecule has 17 heavy (non-hydrogen) atoms. The predicted octanol–water partition coefficient (Wildman–Crippen LogP) is 2.30. The molecule has 4 nitrogen and oxygen atoms in total. The molecule has 0 spiro atoms. The Morgan fingerprint density at radius 2 is 2.18 bits per heavy atom. The van der Waals surface area contributed by atoms with Crippen molar-refractivity contribution >= 4 is 21.8 Å². The topological polar surface area (TPSA) is 58.6 Å². The van der Waals surface area contributed by atoms with Gasteiger partial charge in [-0.3, -0.25) is 4.79 Å². The molecule has 1 amide bonds. The molecule has 94 valence electrons. The molecule has 0 aliphatic carbocycles. The van der Waals surface area contributed by atoms with Gasteiger partial charge in [-0.05, 0) is 32.0 Å². The fourth-order valence-electron chi connectivity index (χ4n) is 1.24. The van der Waals surface area contributed by atoms with E-state index in [1.807, 2.05) is 13.8 Å². The van der Waals surface area contributed by atoms with Gasteiger partial charge in [0.2, 0.25) is 0 Å². The van der Waals surface area contributed by atoms with E-state index in [-0.39, 0.29) is 17.2 Å². The van der Waals surface area contributed by atoms with Crippen LogP contribution < -0.4 is 10.1 Å². The number of hydrogen-bond acceptors (Lipinski definition) is 3. The van der Waals surface area contributed by atoms with Gasteiger partial charge < -0.3 is 15.2 Å². The number of benzene rings is 1. The molecule has 0 fully saturated rings. The number of amides is 1. The van der Waals surface area contributed by atoms with Crippen molar-refractivity contribution in [1.29, 1.82) is 0 Å². The Kier molecular flexibility index (Phi) is 4.40. The lowest BCUT2D eigenvalue weighted by molar-refractivity contribution is 0.0921. The monoisotopic (exact) mass is 301 g/mol. The number of nitrogens with one attached hydrogen (secondary N) is 1. The number of methoxy groups -OCH3 is 1. The Morgan fingerprint density at radius 1 is 1.53 bits per heavy atom. The van der Waals surface area contributed by atoms with E-state index in [1.165, 1.54) is 13.2 Å². The van der Waals surface area contributed by atoms with Crippen LogP contribution >= 0.6 is 15.9 Å². The second kappa shape index (κ2) is 5.40. The summed E-state index contributed by atoms with van der Waals surface area (Å²) in [5, 5.41) is 13.1. The molecule has 0 heterocycles.